The Morgan fingerprint density at radius 2 is 1.68 bits per heavy atom. The number of nitrogens with zero attached hydrogens (tertiary/aromatic N) is 1. The first-order valence-electron chi connectivity index (χ1n) is 8.05. The van der Waals surface area contributed by atoms with Gasteiger partial charge in [0.15, 0.2) is 0 Å². The van der Waals surface area contributed by atoms with Gasteiger partial charge in [-0.1, -0.05) is 13.8 Å². The maximum absolute atomic E-state index is 12.6. The molecule has 25 heavy (non-hydrogen) atoms. The van der Waals surface area contributed by atoms with Gasteiger partial charge in [0.1, 0.15) is 6.04 Å². The highest BCUT2D eigenvalue weighted by atomic mass is 19.4. The summed E-state index contributed by atoms with van der Waals surface area (Å²) < 4.78 is 43.0. The Balaban J connectivity index is 2.08. The van der Waals surface area contributed by atoms with E-state index in [0.29, 0.717) is 26.3 Å². The average Bonchev–Trinajstić information content (AvgIpc) is 2.58. The second kappa shape index (κ2) is 7.86. The van der Waals surface area contributed by atoms with E-state index in [2.05, 4.69) is 5.32 Å². The van der Waals surface area contributed by atoms with Crippen molar-refractivity contribution in [1.82, 2.24) is 10.2 Å². The maximum Gasteiger partial charge on any atom is 0.416 e. The summed E-state index contributed by atoms with van der Waals surface area (Å²) in [6, 6.07) is 3.17. The molecule has 1 saturated heterocycles. The van der Waals surface area contributed by atoms with Gasteiger partial charge in [0.25, 0.3) is 5.91 Å². The zero-order chi connectivity index (χ0) is 18.6. The number of amides is 2. The number of halogens is 3. The predicted octanol–water partition coefficient (Wildman–Crippen LogP) is 2.32. The van der Waals surface area contributed by atoms with Crippen LogP contribution in [-0.4, -0.2) is 49.1 Å². The molecule has 0 aliphatic carbocycles. The largest absolute Gasteiger partial charge is 0.416 e. The molecule has 1 fully saturated rings. The van der Waals surface area contributed by atoms with Gasteiger partial charge < -0.3 is 15.0 Å². The summed E-state index contributed by atoms with van der Waals surface area (Å²) in [7, 11) is 0. The van der Waals surface area contributed by atoms with Crippen molar-refractivity contribution in [3.63, 3.8) is 0 Å². The Labute approximate surface area is 144 Å². The zero-order valence-electron chi connectivity index (χ0n) is 14.1. The molecule has 2 amide bonds. The number of alkyl halides is 3. The smallest absolute Gasteiger partial charge is 0.378 e. The highest BCUT2D eigenvalue weighted by Gasteiger charge is 2.32. The lowest BCUT2D eigenvalue weighted by atomic mass is 10.0. The molecule has 2 rings (SSSR count). The van der Waals surface area contributed by atoms with Crippen LogP contribution in [0.4, 0.5) is 13.2 Å². The summed E-state index contributed by atoms with van der Waals surface area (Å²) in [5.41, 5.74) is -0.748. The summed E-state index contributed by atoms with van der Waals surface area (Å²) in [6.07, 6.45) is -4.46. The number of nitrogens with one attached hydrogen (secondary N) is 1. The van der Waals surface area contributed by atoms with Crippen molar-refractivity contribution in [3.8, 4) is 0 Å². The van der Waals surface area contributed by atoms with Crippen LogP contribution in [0.2, 0.25) is 0 Å². The minimum atomic E-state index is -4.46. The van der Waals surface area contributed by atoms with E-state index in [-0.39, 0.29) is 17.4 Å². The van der Waals surface area contributed by atoms with Crippen LogP contribution in [0.1, 0.15) is 29.8 Å². The van der Waals surface area contributed by atoms with Crippen molar-refractivity contribution >= 4 is 11.8 Å². The van der Waals surface area contributed by atoms with E-state index in [1.807, 2.05) is 0 Å². The molecule has 1 aliphatic heterocycles. The van der Waals surface area contributed by atoms with Crippen LogP contribution >= 0.6 is 0 Å². The normalized spacial score (nSPS) is 16.6. The van der Waals surface area contributed by atoms with Gasteiger partial charge in [0.2, 0.25) is 5.91 Å². The number of rotatable bonds is 4. The molecule has 1 aromatic rings. The predicted molar refractivity (Wildman–Crippen MR) is 84.9 cm³/mol. The lowest BCUT2D eigenvalue weighted by Gasteiger charge is -2.32. The number of hydrogen-bond donors (Lipinski definition) is 1. The summed E-state index contributed by atoms with van der Waals surface area (Å²) in [5, 5.41) is 2.64. The van der Waals surface area contributed by atoms with Crippen LogP contribution in [0.15, 0.2) is 24.3 Å². The molecule has 0 saturated carbocycles. The number of hydrogen-bond acceptors (Lipinski definition) is 3. The van der Waals surface area contributed by atoms with E-state index in [4.69, 9.17) is 4.74 Å². The number of ether oxygens (including phenoxy) is 1. The van der Waals surface area contributed by atoms with E-state index in [1.165, 1.54) is 0 Å². The van der Waals surface area contributed by atoms with Crippen molar-refractivity contribution in [2.75, 3.05) is 26.3 Å². The van der Waals surface area contributed by atoms with E-state index in [9.17, 15) is 22.8 Å². The molecule has 5 nitrogen and oxygen atoms in total. The summed E-state index contributed by atoms with van der Waals surface area (Å²) in [4.78, 5) is 26.5. The quantitative estimate of drug-likeness (QED) is 0.899. The van der Waals surface area contributed by atoms with Crippen LogP contribution in [0, 0.1) is 5.92 Å². The molecule has 0 radical (unpaired) electrons. The average molecular weight is 358 g/mol. The molecule has 1 aliphatic rings. The molecule has 1 aromatic carbocycles. The van der Waals surface area contributed by atoms with Crippen LogP contribution in [0.3, 0.4) is 0 Å². The fraction of sp³-hybridized carbons (Fsp3) is 0.529. The third-order valence-corrected chi connectivity index (χ3v) is 4.02. The molecule has 0 bridgehead atoms. The topological polar surface area (TPSA) is 58.6 Å². The van der Waals surface area contributed by atoms with Gasteiger partial charge in [-0.05, 0) is 30.2 Å². The SMILES string of the molecule is CC(C)[C@@H](NC(=O)c1ccc(C(F)(F)F)cc1)C(=O)N1CCOCC1. The van der Waals surface area contributed by atoms with E-state index < -0.39 is 23.7 Å². The number of carbonyl (C=O) groups is 2. The third kappa shape index (κ3) is 4.94. The molecular weight excluding hydrogens is 337 g/mol. The molecule has 8 heteroatoms. The number of morpholine rings is 1. The summed E-state index contributed by atoms with van der Waals surface area (Å²) >= 11 is 0. The van der Waals surface area contributed by atoms with Crippen molar-refractivity contribution in [2.24, 2.45) is 5.92 Å². The minimum Gasteiger partial charge on any atom is -0.378 e. The molecule has 0 unspecified atom stereocenters. The Kier molecular flexibility index (Phi) is 6.05. The minimum absolute atomic E-state index is 0.0772. The molecule has 1 heterocycles. The molecule has 0 spiro atoms. The first-order valence-corrected chi connectivity index (χ1v) is 8.05. The number of benzene rings is 1. The summed E-state index contributed by atoms with van der Waals surface area (Å²) in [5.74, 6) is -0.943. The lowest BCUT2D eigenvalue weighted by Crippen LogP contribution is -2.53. The van der Waals surface area contributed by atoms with Crippen molar-refractivity contribution in [2.45, 2.75) is 26.1 Å². The van der Waals surface area contributed by atoms with Gasteiger partial charge in [0, 0.05) is 18.7 Å². The highest BCUT2D eigenvalue weighted by Crippen LogP contribution is 2.29. The van der Waals surface area contributed by atoms with Gasteiger partial charge in [-0.25, -0.2) is 0 Å². The van der Waals surface area contributed by atoms with Gasteiger partial charge in [-0.15, -0.1) is 0 Å². The van der Waals surface area contributed by atoms with Crippen LogP contribution in [0.25, 0.3) is 0 Å². The van der Waals surface area contributed by atoms with E-state index >= 15 is 0 Å². The van der Waals surface area contributed by atoms with Gasteiger partial charge in [-0.2, -0.15) is 13.2 Å². The van der Waals surface area contributed by atoms with Crippen LogP contribution < -0.4 is 5.32 Å². The Morgan fingerprint density at radius 1 is 1.12 bits per heavy atom. The fourth-order valence-corrected chi connectivity index (χ4v) is 2.53. The van der Waals surface area contributed by atoms with E-state index in [0.717, 1.165) is 24.3 Å². The Bertz CT molecular complexity index is 609. The van der Waals surface area contributed by atoms with E-state index in [1.54, 1.807) is 18.7 Å². The van der Waals surface area contributed by atoms with Crippen molar-refractivity contribution in [1.29, 1.82) is 0 Å². The van der Waals surface area contributed by atoms with Crippen molar-refractivity contribution in [3.05, 3.63) is 35.4 Å². The monoisotopic (exact) mass is 358 g/mol. The third-order valence-electron chi connectivity index (χ3n) is 4.02. The molecule has 0 aromatic heterocycles. The van der Waals surface area contributed by atoms with Crippen molar-refractivity contribution < 1.29 is 27.5 Å². The highest BCUT2D eigenvalue weighted by molar-refractivity contribution is 5.97. The fourth-order valence-electron chi connectivity index (χ4n) is 2.53. The van der Waals surface area contributed by atoms with Crippen LogP contribution in [0.5, 0.6) is 0 Å². The second-order valence-electron chi connectivity index (χ2n) is 6.21. The summed E-state index contributed by atoms with van der Waals surface area (Å²) in [6.45, 7) is 5.41. The van der Waals surface area contributed by atoms with Crippen LogP contribution in [-0.2, 0) is 15.7 Å². The second-order valence-corrected chi connectivity index (χ2v) is 6.21. The maximum atomic E-state index is 12.6. The number of carbonyl (C=O) groups excluding carboxylic acids is 2. The Hall–Kier alpha value is -2.09. The molecule has 1 atom stereocenters. The molecular formula is C17H21F3N2O3. The zero-order valence-corrected chi connectivity index (χ0v) is 14.1. The van der Waals surface area contributed by atoms with Gasteiger partial charge >= 0.3 is 6.18 Å². The standard InChI is InChI=1S/C17H21F3N2O3/c1-11(2)14(16(24)22-7-9-25-10-8-22)21-15(23)12-3-5-13(6-4-12)17(18,19)20/h3-6,11,14H,7-10H2,1-2H3,(H,21,23)/t14-/m1/s1. The lowest BCUT2D eigenvalue weighted by molar-refractivity contribution is -0.138. The first-order chi connectivity index (χ1) is 11.7. The van der Waals surface area contributed by atoms with Gasteiger partial charge in [-0.3, -0.25) is 9.59 Å². The Morgan fingerprint density at radius 3 is 2.16 bits per heavy atom. The first kappa shape index (κ1) is 19.2. The molecule has 138 valence electrons. The van der Waals surface area contributed by atoms with Gasteiger partial charge in [0.05, 0.1) is 18.8 Å². The molecule has 1 N–H and O–H groups in total.